The molecule has 0 bridgehead atoms. The van der Waals surface area contributed by atoms with Gasteiger partial charge in [0.05, 0.1) is 0 Å². The van der Waals surface area contributed by atoms with Crippen LogP contribution in [0.4, 0.5) is 0 Å². The predicted molar refractivity (Wildman–Crippen MR) is 59.8 cm³/mol. The predicted octanol–water partition coefficient (Wildman–Crippen LogP) is 0.0283. The number of nitrogens with one attached hydrogen (secondary N) is 2. The lowest BCUT2D eigenvalue weighted by atomic mass is 10.2. The summed E-state index contributed by atoms with van der Waals surface area (Å²) in [6.45, 7) is 3.22. The number of aromatic amines is 2. The first-order chi connectivity index (χ1) is 7.95. The number of carbonyl (C=O) groups excluding carboxylic acids is 1. The second-order valence-electron chi connectivity index (χ2n) is 3.74. The maximum Gasteiger partial charge on any atom is 0.323 e. The minimum atomic E-state index is -1.09. The van der Waals surface area contributed by atoms with Crippen molar-refractivity contribution in [1.82, 2.24) is 14.9 Å². The molecule has 7 nitrogen and oxygen atoms in total. The van der Waals surface area contributed by atoms with Gasteiger partial charge >= 0.3 is 11.7 Å². The molecule has 0 saturated heterocycles. The van der Waals surface area contributed by atoms with Crippen LogP contribution in [0.1, 0.15) is 30.8 Å². The molecule has 1 aromatic heterocycles. The molecule has 1 rings (SSSR count). The number of amides is 1. The van der Waals surface area contributed by atoms with E-state index in [-0.39, 0.29) is 18.3 Å². The van der Waals surface area contributed by atoms with E-state index in [2.05, 4.69) is 9.97 Å². The summed E-state index contributed by atoms with van der Waals surface area (Å²) in [5, 5.41) is 8.76. The number of hydrogen-bond donors (Lipinski definition) is 3. The highest BCUT2D eigenvalue weighted by Gasteiger charge is 2.23. The average molecular weight is 241 g/mol. The number of H-pyrrole nitrogens is 2. The lowest BCUT2D eigenvalue weighted by molar-refractivity contribution is -0.138. The normalized spacial score (nSPS) is 12.1. The van der Waals surface area contributed by atoms with Gasteiger partial charge in [0.2, 0.25) is 0 Å². The lowest BCUT2D eigenvalue weighted by Crippen LogP contribution is -2.42. The van der Waals surface area contributed by atoms with Gasteiger partial charge in [0.25, 0.3) is 5.91 Å². The molecule has 0 aliphatic carbocycles. The molecule has 0 saturated carbocycles. The zero-order valence-corrected chi connectivity index (χ0v) is 9.69. The second kappa shape index (κ2) is 5.33. The highest BCUT2D eigenvalue weighted by molar-refractivity contribution is 5.94. The maximum absolute atomic E-state index is 12.0. The molecule has 1 aromatic rings. The van der Waals surface area contributed by atoms with Crippen LogP contribution in [0, 0.1) is 0 Å². The summed E-state index contributed by atoms with van der Waals surface area (Å²) in [6.07, 6.45) is 1.87. The van der Waals surface area contributed by atoms with Crippen LogP contribution in [0.3, 0.4) is 0 Å². The van der Waals surface area contributed by atoms with Crippen LogP contribution in [-0.4, -0.2) is 44.4 Å². The summed E-state index contributed by atoms with van der Waals surface area (Å²) in [6, 6.07) is -0.211. The standard InChI is InChI=1S/C10H15N3O4/c1-3-6(2)13(5-8(14)15)9(16)7-4-11-10(17)12-7/h4,6H,3,5H2,1-2H3,(H,14,15)(H2,11,12,17). The monoisotopic (exact) mass is 241 g/mol. The minimum Gasteiger partial charge on any atom is -0.480 e. The van der Waals surface area contributed by atoms with E-state index in [1.54, 1.807) is 6.92 Å². The molecule has 0 aromatic carbocycles. The lowest BCUT2D eigenvalue weighted by Gasteiger charge is -2.26. The van der Waals surface area contributed by atoms with Crippen molar-refractivity contribution in [2.24, 2.45) is 0 Å². The van der Waals surface area contributed by atoms with Crippen molar-refractivity contribution in [2.75, 3.05) is 6.54 Å². The van der Waals surface area contributed by atoms with E-state index < -0.39 is 17.6 Å². The summed E-state index contributed by atoms with van der Waals surface area (Å²) in [4.78, 5) is 39.4. The first kappa shape index (κ1) is 13.0. The Bertz CT molecular complexity index is 462. The number of carboxylic acids is 1. The Kier molecular flexibility index (Phi) is 4.08. The summed E-state index contributed by atoms with van der Waals surface area (Å²) >= 11 is 0. The number of hydrogen-bond acceptors (Lipinski definition) is 3. The first-order valence-electron chi connectivity index (χ1n) is 5.26. The highest BCUT2D eigenvalue weighted by Crippen LogP contribution is 2.07. The molecule has 0 spiro atoms. The van der Waals surface area contributed by atoms with Crippen LogP contribution in [0.2, 0.25) is 0 Å². The third kappa shape index (κ3) is 3.20. The molecular formula is C10H15N3O4. The van der Waals surface area contributed by atoms with Crippen LogP contribution in [-0.2, 0) is 4.79 Å². The molecule has 1 unspecified atom stereocenters. The van der Waals surface area contributed by atoms with Crippen molar-refractivity contribution >= 4 is 11.9 Å². The molecule has 0 radical (unpaired) electrons. The van der Waals surface area contributed by atoms with Crippen molar-refractivity contribution in [2.45, 2.75) is 26.3 Å². The van der Waals surface area contributed by atoms with E-state index in [0.717, 1.165) is 0 Å². The van der Waals surface area contributed by atoms with Crippen LogP contribution in [0.25, 0.3) is 0 Å². The smallest absolute Gasteiger partial charge is 0.323 e. The maximum atomic E-state index is 12.0. The SMILES string of the molecule is CCC(C)N(CC(=O)O)C(=O)c1c[nH]c(=O)[nH]1. The van der Waals surface area contributed by atoms with E-state index in [4.69, 9.17) is 5.11 Å². The number of aliphatic carboxylic acids is 1. The Hall–Kier alpha value is -2.05. The number of carbonyl (C=O) groups is 2. The fourth-order valence-electron chi connectivity index (χ4n) is 1.40. The highest BCUT2D eigenvalue weighted by atomic mass is 16.4. The Labute approximate surface area is 97.5 Å². The van der Waals surface area contributed by atoms with E-state index in [9.17, 15) is 14.4 Å². The summed E-state index contributed by atoms with van der Waals surface area (Å²) in [5.41, 5.74) is -0.427. The minimum absolute atomic E-state index is 0.0663. The van der Waals surface area contributed by atoms with Gasteiger partial charge in [-0.1, -0.05) is 6.92 Å². The van der Waals surface area contributed by atoms with Gasteiger partial charge in [0.1, 0.15) is 12.2 Å². The van der Waals surface area contributed by atoms with Gasteiger partial charge in [-0.2, -0.15) is 0 Å². The summed E-state index contributed by atoms with van der Waals surface area (Å²) < 4.78 is 0. The molecule has 3 N–H and O–H groups in total. The average Bonchev–Trinajstić information content (AvgIpc) is 2.70. The molecule has 1 amide bonds. The Morgan fingerprint density at radius 3 is 2.59 bits per heavy atom. The molecule has 94 valence electrons. The second-order valence-corrected chi connectivity index (χ2v) is 3.74. The van der Waals surface area contributed by atoms with Crippen molar-refractivity contribution in [3.63, 3.8) is 0 Å². The molecule has 0 fully saturated rings. The van der Waals surface area contributed by atoms with Crippen molar-refractivity contribution in [3.8, 4) is 0 Å². The Morgan fingerprint density at radius 1 is 1.53 bits per heavy atom. The van der Waals surface area contributed by atoms with Crippen LogP contribution in [0.15, 0.2) is 11.0 Å². The van der Waals surface area contributed by atoms with Gasteiger partial charge in [-0.3, -0.25) is 9.59 Å². The fraction of sp³-hybridized carbons (Fsp3) is 0.500. The third-order valence-electron chi connectivity index (χ3n) is 2.52. The molecular weight excluding hydrogens is 226 g/mol. The number of imidazole rings is 1. The van der Waals surface area contributed by atoms with E-state index >= 15 is 0 Å². The molecule has 1 atom stereocenters. The van der Waals surface area contributed by atoms with Crippen LogP contribution in [0.5, 0.6) is 0 Å². The third-order valence-corrected chi connectivity index (χ3v) is 2.52. The van der Waals surface area contributed by atoms with Gasteiger partial charge in [-0.15, -0.1) is 0 Å². The number of rotatable bonds is 5. The van der Waals surface area contributed by atoms with Gasteiger partial charge in [0, 0.05) is 12.2 Å². The van der Waals surface area contributed by atoms with Gasteiger partial charge < -0.3 is 20.0 Å². The summed E-state index contributed by atoms with van der Waals surface area (Å²) in [5.74, 6) is -1.59. The zero-order valence-electron chi connectivity index (χ0n) is 9.69. The first-order valence-corrected chi connectivity index (χ1v) is 5.26. The van der Waals surface area contributed by atoms with Crippen molar-refractivity contribution in [3.05, 3.63) is 22.4 Å². The fourth-order valence-corrected chi connectivity index (χ4v) is 1.40. The van der Waals surface area contributed by atoms with Crippen molar-refractivity contribution in [1.29, 1.82) is 0 Å². The number of aromatic nitrogens is 2. The molecule has 7 heteroatoms. The number of nitrogens with zero attached hydrogens (tertiary/aromatic N) is 1. The molecule has 0 aliphatic rings. The van der Waals surface area contributed by atoms with Crippen LogP contribution < -0.4 is 5.69 Å². The number of carboxylic acid groups (broad SMARTS) is 1. The molecule has 1 heterocycles. The Balaban J connectivity index is 2.93. The zero-order chi connectivity index (χ0) is 13.0. The molecule has 17 heavy (non-hydrogen) atoms. The van der Waals surface area contributed by atoms with Crippen LogP contribution >= 0.6 is 0 Å². The van der Waals surface area contributed by atoms with Gasteiger partial charge in [-0.25, -0.2) is 4.79 Å². The quantitative estimate of drug-likeness (QED) is 0.676. The topological polar surface area (TPSA) is 106 Å². The van der Waals surface area contributed by atoms with Gasteiger partial charge in [0.15, 0.2) is 0 Å². The molecule has 0 aliphatic heterocycles. The van der Waals surface area contributed by atoms with E-state index in [0.29, 0.717) is 6.42 Å². The van der Waals surface area contributed by atoms with E-state index in [1.165, 1.54) is 11.1 Å². The van der Waals surface area contributed by atoms with Crippen molar-refractivity contribution < 1.29 is 14.7 Å². The Morgan fingerprint density at radius 2 is 2.18 bits per heavy atom. The van der Waals surface area contributed by atoms with E-state index in [1.807, 2.05) is 6.92 Å². The largest absolute Gasteiger partial charge is 0.480 e. The van der Waals surface area contributed by atoms with Gasteiger partial charge in [-0.05, 0) is 13.3 Å². The summed E-state index contributed by atoms with van der Waals surface area (Å²) in [7, 11) is 0.